The van der Waals surface area contributed by atoms with E-state index in [9.17, 15) is 0 Å². The van der Waals surface area contributed by atoms with Crippen molar-refractivity contribution in [3.8, 4) is 0 Å². The molecule has 1 aliphatic rings. The monoisotopic (exact) mass is 340 g/mol. The molecule has 1 unspecified atom stereocenters. The fourth-order valence-electron chi connectivity index (χ4n) is 2.83. The lowest BCUT2D eigenvalue weighted by Gasteiger charge is -2.26. The van der Waals surface area contributed by atoms with Gasteiger partial charge in [0, 0.05) is 31.1 Å². The Morgan fingerprint density at radius 3 is 2.65 bits per heavy atom. The Kier molecular flexibility index (Phi) is 5.38. The summed E-state index contributed by atoms with van der Waals surface area (Å²) in [7, 11) is 0. The fraction of sp³-hybridized carbons (Fsp3) is 0.733. The summed E-state index contributed by atoms with van der Waals surface area (Å²) in [6.45, 7) is 13.2. The number of rotatable bonds is 5. The Bertz CT molecular complexity index is 445. The number of nitrogens with zero attached hydrogens (tertiary/aromatic N) is 4. The van der Waals surface area contributed by atoms with E-state index in [1.807, 2.05) is 6.07 Å². The molecule has 5 heteroatoms. The van der Waals surface area contributed by atoms with Gasteiger partial charge in [0.2, 0.25) is 0 Å². The molecule has 0 aliphatic carbocycles. The van der Waals surface area contributed by atoms with Gasteiger partial charge in [-0.15, -0.1) is 0 Å². The van der Waals surface area contributed by atoms with E-state index < -0.39 is 0 Å². The van der Waals surface area contributed by atoms with Crippen molar-refractivity contribution < 1.29 is 0 Å². The predicted molar refractivity (Wildman–Crippen MR) is 87.4 cm³/mol. The van der Waals surface area contributed by atoms with Crippen molar-refractivity contribution in [3.05, 3.63) is 16.5 Å². The van der Waals surface area contributed by atoms with Crippen LogP contribution in [0, 0.1) is 0 Å². The van der Waals surface area contributed by atoms with Crippen LogP contribution in [-0.2, 0) is 0 Å². The van der Waals surface area contributed by atoms with Gasteiger partial charge in [-0.1, -0.05) is 27.7 Å². The Morgan fingerprint density at radius 2 is 2.05 bits per heavy atom. The zero-order chi connectivity index (χ0) is 14.7. The molecule has 0 bridgehead atoms. The van der Waals surface area contributed by atoms with Crippen molar-refractivity contribution in [1.29, 1.82) is 0 Å². The zero-order valence-electron chi connectivity index (χ0n) is 12.9. The number of hydrogen-bond donors (Lipinski definition) is 0. The summed E-state index contributed by atoms with van der Waals surface area (Å²) >= 11 is 3.51. The van der Waals surface area contributed by atoms with E-state index in [-0.39, 0.29) is 0 Å². The summed E-state index contributed by atoms with van der Waals surface area (Å²) < 4.78 is 0.887. The van der Waals surface area contributed by atoms with Gasteiger partial charge in [-0.25, -0.2) is 9.97 Å². The summed E-state index contributed by atoms with van der Waals surface area (Å²) in [5.41, 5.74) is 0. The van der Waals surface area contributed by atoms with Gasteiger partial charge in [0.15, 0.2) is 0 Å². The maximum absolute atomic E-state index is 4.73. The maximum atomic E-state index is 4.73. The molecule has 1 saturated heterocycles. The quantitative estimate of drug-likeness (QED) is 0.770. The number of aromatic nitrogens is 2. The third-order valence-electron chi connectivity index (χ3n) is 4.03. The highest BCUT2D eigenvalue weighted by Crippen LogP contribution is 2.25. The van der Waals surface area contributed by atoms with Crippen molar-refractivity contribution in [3.63, 3.8) is 0 Å². The SMILES string of the molecule is CCN(CC)C1CCN(c2cc(Br)nc(C(C)C)n2)C1. The van der Waals surface area contributed by atoms with Crippen LogP contribution in [0.1, 0.15) is 45.9 Å². The maximum Gasteiger partial charge on any atom is 0.134 e. The highest BCUT2D eigenvalue weighted by Gasteiger charge is 2.27. The van der Waals surface area contributed by atoms with E-state index in [0.717, 1.165) is 42.4 Å². The Hall–Kier alpha value is -0.680. The van der Waals surface area contributed by atoms with Crippen molar-refractivity contribution in [2.24, 2.45) is 0 Å². The van der Waals surface area contributed by atoms with Crippen LogP contribution in [0.5, 0.6) is 0 Å². The number of likely N-dealkylation sites (N-methyl/N-ethyl adjacent to an activating group) is 1. The summed E-state index contributed by atoms with van der Waals surface area (Å²) in [5.74, 6) is 2.33. The van der Waals surface area contributed by atoms with E-state index >= 15 is 0 Å². The molecule has 1 atom stereocenters. The lowest BCUT2D eigenvalue weighted by atomic mass is 10.2. The molecule has 1 aliphatic heterocycles. The third kappa shape index (κ3) is 3.50. The van der Waals surface area contributed by atoms with Gasteiger partial charge < -0.3 is 4.90 Å². The predicted octanol–water partition coefficient (Wildman–Crippen LogP) is 3.28. The smallest absolute Gasteiger partial charge is 0.134 e. The molecule has 0 aromatic carbocycles. The first kappa shape index (κ1) is 15.7. The van der Waals surface area contributed by atoms with Crippen LogP contribution in [0.2, 0.25) is 0 Å². The van der Waals surface area contributed by atoms with Crippen LogP contribution in [0.4, 0.5) is 5.82 Å². The molecular weight excluding hydrogens is 316 g/mol. The van der Waals surface area contributed by atoms with Gasteiger partial charge >= 0.3 is 0 Å². The second-order valence-corrected chi connectivity index (χ2v) is 6.48. The van der Waals surface area contributed by atoms with Crippen LogP contribution in [-0.4, -0.2) is 47.1 Å². The molecule has 1 aromatic heterocycles. The summed E-state index contributed by atoms with van der Waals surface area (Å²) in [5, 5.41) is 0. The first-order valence-electron chi connectivity index (χ1n) is 7.58. The lowest BCUT2D eigenvalue weighted by molar-refractivity contribution is 0.232. The third-order valence-corrected chi connectivity index (χ3v) is 4.44. The molecule has 2 heterocycles. The van der Waals surface area contributed by atoms with Gasteiger partial charge in [-0.2, -0.15) is 0 Å². The van der Waals surface area contributed by atoms with Crippen LogP contribution in [0.25, 0.3) is 0 Å². The average molecular weight is 341 g/mol. The molecule has 4 nitrogen and oxygen atoms in total. The van der Waals surface area contributed by atoms with Gasteiger partial charge in [0.25, 0.3) is 0 Å². The van der Waals surface area contributed by atoms with E-state index in [0.29, 0.717) is 12.0 Å². The van der Waals surface area contributed by atoms with E-state index in [2.05, 4.69) is 58.4 Å². The Balaban J connectivity index is 2.13. The number of anilines is 1. The average Bonchev–Trinajstić information content (AvgIpc) is 2.89. The summed E-state index contributed by atoms with van der Waals surface area (Å²) in [4.78, 5) is 14.1. The first-order valence-corrected chi connectivity index (χ1v) is 8.37. The summed E-state index contributed by atoms with van der Waals surface area (Å²) in [6, 6.07) is 2.69. The lowest BCUT2D eigenvalue weighted by Crippen LogP contribution is -2.37. The molecule has 112 valence electrons. The van der Waals surface area contributed by atoms with Gasteiger partial charge in [0.05, 0.1) is 0 Å². The fourth-order valence-corrected chi connectivity index (χ4v) is 3.22. The minimum atomic E-state index is 0.354. The van der Waals surface area contributed by atoms with Gasteiger partial charge in [-0.3, -0.25) is 4.90 Å². The van der Waals surface area contributed by atoms with Crippen molar-refractivity contribution in [2.45, 2.75) is 46.1 Å². The summed E-state index contributed by atoms with van der Waals surface area (Å²) in [6.07, 6.45) is 1.22. The van der Waals surface area contributed by atoms with Crippen molar-refractivity contribution in [1.82, 2.24) is 14.9 Å². The standard InChI is InChI=1S/C15H25BrN4/c1-5-19(6-2)12-7-8-20(10-12)14-9-13(16)17-15(18-14)11(3)4/h9,11-12H,5-8,10H2,1-4H3. The molecular formula is C15H25BrN4. The van der Waals surface area contributed by atoms with Crippen molar-refractivity contribution in [2.75, 3.05) is 31.1 Å². The highest BCUT2D eigenvalue weighted by atomic mass is 79.9. The second-order valence-electron chi connectivity index (χ2n) is 5.67. The molecule has 1 fully saturated rings. The molecule has 0 amide bonds. The molecule has 1 aromatic rings. The molecule has 0 saturated carbocycles. The van der Waals surface area contributed by atoms with Crippen LogP contribution in [0.15, 0.2) is 10.7 Å². The van der Waals surface area contributed by atoms with E-state index in [1.165, 1.54) is 6.42 Å². The molecule has 0 spiro atoms. The Labute approximate surface area is 130 Å². The largest absolute Gasteiger partial charge is 0.355 e. The normalized spacial score (nSPS) is 19.4. The number of hydrogen-bond acceptors (Lipinski definition) is 4. The minimum Gasteiger partial charge on any atom is -0.355 e. The van der Waals surface area contributed by atoms with E-state index in [4.69, 9.17) is 4.98 Å². The Morgan fingerprint density at radius 1 is 1.35 bits per heavy atom. The molecule has 0 N–H and O–H groups in total. The minimum absolute atomic E-state index is 0.354. The van der Waals surface area contributed by atoms with E-state index in [1.54, 1.807) is 0 Å². The molecule has 20 heavy (non-hydrogen) atoms. The molecule has 2 rings (SSSR count). The van der Waals surface area contributed by atoms with Gasteiger partial charge in [0.1, 0.15) is 16.2 Å². The number of halogens is 1. The highest BCUT2D eigenvalue weighted by molar-refractivity contribution is 9.10. The molecule has 0 radical (unpaired) electrons. The topological polar surface area (TPSA) is 32.3 Å². The van der Waals surface area contributed by atoms with Crippen LogP contribution < -0.4 is 4.90 Å². The zero-order valence-corrected chi connectivity index (χ0v) is 14.5. The first-order chi connectivity index (χ1) is 9.55. The van der Waals surface area contributed by atoms with Crippen LogP contribution >= 0.6 is 15.9 Å². The van der Waals surface area contributed by atoms with Crippen LogP contribution in [0.3, 0.4) is 0 Å². The van der Waals surface area contributed by atoms with Crippen molar-refractivity contribution >= 4 is 21.7 Å². The second kappa shape index (κ2) is 6.85. The van der Waals surface area contributed by atoms with Gasteiger partial charge in [-0.05, 0) is 35.4 Å².